The van der Waals surface area contributed by atoms with E-state index in [9.17, 15) is 24.0 Å². The van der Waals surface area contributed by atoms with Crippen LogP contribution in [0.5, 0.6) is 0 Å². The summed E-state index contributed by atoms with van der Waals surface area (Å²) >= 11 is 0. The molecule has 0 bridgehead atoms. The number of anilines is 1. The van der Waals surface area contributed by atoms with Gasteiger partial charge in [0.25, 0.3) is 5.91 Å². The van der Waals surface area contributed by atoms with Gasteiger partial charge in [0.05, 0.1) is 11.3 Å². The van der Waals surface area contributed by atoms with Gasteiger partial charge in [0.2, 0.25) is 11.8 Å². The number of carbonyl (C=O) groups is 5. The maximum absolute atomic E-state index is 13.1. The van der Waals surface area contributed by atoms with Crippen molar-refractivity contribution in [3.8, 4) is 0 Å². The van der Waals surface area contributed by atoms with Crippen LogP contribution in [0.15, 0.2) is 24.3 Å². The number of nitrogens with one attached hydrogen (secondary N) is 1. The average Bonchev–Trinajstić information content (AvgIpc) is 2.65. The fourth-order valence-corrected chi connectivity index (χ4v) is 3.37. The molecule has 1 aromatic carbocycles. The fraction of sp³-hybridized carbons (Fsp3) is 0.389. The molecule has 2 fully saturated rings. The van der Waals surface area contributed by atoms with Gasteiger partial charge in [0.1, 0.15) is 12.6 Å². The van der Waals surface area contributed by atoms with Gasteiger partial charge < -0.3 is 14.9 Å². The summed E-state index contributed by atoms with van der Waals surface area (Å²) in [7, 11) is 0. The zero-order valence-corrected chi connectivity index (χ0v) is 15.3. The van der Waals surface area contributed by atoms with E-state index in [1.807, 2.05) is 0 Å². The van der Waals surface area contributed by atoms with Crippen molar-refractivity contribution < 1.29 is 29.1 Å². The van der Waals surface area contributed by atoms with Crippen LogP contribution >= 0.6 is 0 Å². The Bertz CT molecular complexity index is 854. The number of piperazine rings is 1. The van der Waals surface area contributed by atoms with Crippen LogP contribution < -0.4 is 10.2 Å². The molecule has 0 radical (unpaired) electrons. The van der Waals surface area contributed by atoms with Crippen LogP contribution in [0.1, 0.15) is 23.7 Å². The van der Waals surface area contributed by atoms with E-state index in [-0.39, 0.29) is 37.5 Å². The molecule has 0 unspecified atom stereocenters. The van der Waals surface area contributed by atoms with Crippen LogP contribution in [-0.2, 0) is 14.4 Å². The molecule has 28 heavy (non-hydrogen) atoms. The van der Waals surface area contributed by atoms with E-state index in [2.05, 4.69) is 5.32 Å². The molecule has 10 heteroatoms. The van der Waals surface area contributed by atoms with Gasteiger partial charge in [-0.15, -0.1) is 0 Å². The number of rotatable bonds is 4. The Labute approximate surface area is 160 Å². The molecule has 0 aromatic heterocycles. The van der Waals surface area contributed by atoms with E-state index < -0.39 is 36.4 Å². The van der Waals surface area contributed by atoms with Gasteiger partial charge in [-0.05, 0) is 19.1 Å². The van der Waals surface area contributed by atoms with Gasteiger partial charge in [0.15, 0.2) is 0 Å². The van der Waals surface area contributed by atoms with E-state index in [1.54, 1.807) is 31.2 Å². The van der Waals surface area contributed by atoms with E-state index in [1.165, 1.54) is 14.7 Å². The third kappa shape index (κ3) is 3.66. The molecule has 2 saturated heterocycles. The molecule has 0 saturated carbocycles. The van der Waals surface area contributed by atoms with Crippen molar-refractivity contribution in [1.82, 2.24) is 15.1 Å². The number of imide groups is 1. The first-order valence-corrected chi connectivity index (χ1v) is 8.81. The van der Waals surface area contributed by atoms with E-state index in [4.69, 9.17) is 5.11 Å². The molecule has 0 aliphatic carbocycles. The molecule has 5 amide bonds. The minimum Gasteiger partial charge on any atom is -0.480 e. The highest BCUT2D eigenvalue weighted by atomic mass is 16.4. The van der Waals surface area contributed by atoms with Crippen LogP contribution in [0, 0.1) is 0 Å². The number of benzene rings is 1. The predicted octanol–water partition coefficient (Wildman–Crippen LogP) is -0.110. The van der Waals surface area contributed by atoms with Crippen LogP contribution in [0.3, 0.4) is 0 Å². The van der Waals surface area contributed by atoms with Gasteiger partial charge in [-0.3, -0.25) is 29.4 Å². The second-order valence-corrected chi connectivity index (χ2v) is 6.60. The molecule has 2 heterocycles. The maximum atomic E-state index is 13.1. The van der Waals surface area contributed by atoms with E-state index in [0.29, 0.717) is 5.69 Å². The molecule has 0 spiro atoms. The largest absolute Gasteiger partial charge is 0.480 e. The zero-order valence-electron chi connectivity index (χ0n) is 15.3. The van der Waals surface area contributed by atoms with Crippen molar-refractivity contribution in [2.24, 2.45) is 0 Å². The molecule has 1 atom stereocenters. The first-order valence-electron chi connectivity index (χ1n) is 8.81. The maximum Gasteiger partial charge on any atom is 0.328 e. The fourth-order valence-electron chi connectivity index (χ4n) is 3.37. The zero-order chi connectivity index (χ0) is 20.4. The first kappa shape index (κ1) is 19.3. The summed E-state index contributed by atoms with van der Waals surface area (Å²) in [5, 5.41) is 11.1. The smallest absolute Gasteiger partial charge is 0.328 e. The molecule has 10 nitrogen and oxygen atoms in total. The second kappa shape index (κ2) is 7.67. The Morgan fingerprint density at radius 3 is 2.54 bits per heavy atom. The molecule has 2 aliphatic rings. The van der Waals surface area contributed by atoms with E-state index in [0.717, 1.165) is 0 Å². The van der Waals surface area contributed by atoms with Gasteiger partial charge in [-0.2, -0.15) is 0 Å². The number of carbonyl (C=O) groups excluding carboxylic acids is 4. The summed E-state index contributed by atoms with van der Waals surface area (Å²) in [6.45, 7) is 1.57. The summed E-state index contributed by atoms with van der Waals surface area (Å²) < 4.78 is 0. The minimum atomic E-state index is -1.11. The molecule has 2 N–H and O–H groups in total. The summed E-state index contributed by atoms with van der Waals surface area (Å²) in [5.74, 6) is -2.37. The molecule has 3 rings (SSSR count). The normalized spacial score (nSPS) is 20.2. The van der Waals surface area contributed by atoms with Crippen molar-refractivity contribution in [1.29, 1.82) is 0 Å². The SMILES string of the molecule is C[C@H]1C(=O)N(CC(=O)O)CCN1C(=O)c1ccccc1N1CCC(=O)NC1=O. The topological polar surface area (TPSA) is 127 Å². The molecule has 1 aromatic rings. The summed E-state index contributed by atoms with van der Waals surface area (Å²) in [6.07, 6.45) is 0.122. The number of aliphatic carboxylic acids is 1. The van der Waals surface area contributed by atoms with Crippen LogP contribution in [0.25, 0.3) is 0 Å². The Balaban J connectivity index is 1.84. The number of carboxylic acid groups (broad SMARTS) is 1. The monoisotopic (exact) mass is 388 g/mol. The number of hydrogen-bond acceptors (Lipinski definition) is 5. The van der Waals surface area contributed by atoms with Crippen molar-refractivity contribution in [3.05, 3.63) is 29.8 Å². The predicted molar refractivity (Wildman–Crippen MR) is 96.7 cm³/mol. The highest BCUT2D eigenvalue weighted by Gasteiger charge is 2.37. The van der Waals surface area contributed by atoms with Crippen molar-refractivity contribution in [2.45, 2.75) is 19.4 Å². The number of urea groups is 1. The van der Waals surface area contributed by atoms with Crippen molar-refractivity contribution in [3.63, 3.8) is 0 Å². The number of para-hydroxylation sites is 1. The van der Waals surface area contributed by atoms with Crippen LogP contribution in [0.4, 0.5) is 10.5 Å². The average molecular weight is 388 g/mol. The minimum absolute atomic E-state index is 0.113. The van der Waals surface area contributed by atoms with Gasteiger partial charge >= 0.3 is 12.0 Å². The van der Waals surface area contributed by atoms with Gasteiger partial charge in [-0.1, -0.05) is 12.1 Å². The standard InChI is InChI=1S/C18H20N4O6/c1-11-16(26)20(10-15(24)25)8-9-21(11)17(27)12-4-2-3-5-13(12)22-7-6-14(23)19-18(22)28/h2-5,11H,6-10H2,1H3,(H,24,25)(H,19,23,28)/t11-/m0/s1. The third-order valence-electron chi connectivity index (χ3n) is 4.81. The summed E-state index contributed by atoms with van der Waals surface area (Å²) in [6, 6.07) is 5.06. The van der Waals surface area contributed by atoms with E-state index >= 15 is 0 Å². The highest BCUT2D eigenvalue weighted by molar-refractivity contribution is 6.10. The Hall–Kier alpha value is -3.43. The van der Waals surface area contributed by atoms with Gasteiger partial charge in [0, 0.05) is 26.1 Å². The number of carboxylic acids is 1. The molecular weight excluding hydrogens is 368 g/mol. The number of hydrogen-bond donors (Lipinski definition) is 2. The second-order valence-electron chi connectivity index (χ2n) is 6.60. The number of nitrogens with zero attached hydrogens (tertiary/aromatic N) is 3. The van der Waals surface area contributed by atoms with Crippen molar-refractivity contribution >= 4 is 35.4 Å². The lowest BCUT2D eigenvalue weighted by molar-refractivity contribution is -0.148. The summed E-state index contributed by atoms with van der Waals surface area (Å²) in [4.78, 5) is 63.9. The number of amides is 5. The van der Waals surface area contributed by atoms with Crippen molar-refractivity contribution in [2.75, 3.05) is 31.1 Å². The quantitative estimate of drug-likeness (QED) is 0.741. The Morgan fingerprint density at radius 1 is 1.14 bits per heavy atom. The van der Waals surface area contributed by atoms with Crippen LogP contribution in [0.2, 0.25) is 0 Å². The molecule has 148 valence electrons. The first-order chi connectivity index (χ1) is 13.3. The Morgan fingerprint density at radius 2 is 1.86 bits per heavy atom. The lowest BCUT2D eigenvalue weighted by Crippen LogP contribution is -2.58. The lowest BCUT2D eigenvalue weighted by Gasteiger charge is -2.39. The lowest BCUT2D eigenvalue weighted by atomic mass is 10.1. The van der Waals surface area contributed by atoms with Gasteiger partial charge in [-0.25, -0.2) is 4.79 Å². The Kier molecular flexibility index (Phi) is 5.30. The third-order valence-corrected chi connectivity index (χ3v) is 4.81. The summed E-state index contributed by atoms with van der Waals surface area (Å²) in [5.41, 5.74) is 0.587. The van der Waals surface area contributed by atoms with Crippen LogP contribution in [-0.4, -0.2) is 76.8 Å². The highest BCUT2D eigenvalue weighted by Crippen LogP contribution is 2.25. The molecular formula is C18H20N4O6. The molecule has 2 aliphatic heterocycles.